The van der Waals surface area contributed by atoms with Gasteiger partial charge in [-0.15, -0.1) is 0 Å². The van der Waals surface area contributed by atoms with Crippen LogP contribution >= 0.6 is 0 Å². The number of hydrogen-bond acceptors (Lipinski definition) is 7. The first-order valence-corrected chi connectivity index (χ1v) is 13.3. The molecule has 23 heavy (non-hydrogen) atoms. The van der Waals surface area contributed by atoms with Crippen molar-refractivity contribution < 1.29 is 0 Å². The van der Waals surface area contributed by atoms with Gasteiger partial charge in [0.25, 0.3) is 0 Å². The second-order valence-corrected chi connectivity index (χ2v) is 14.5. The lowest BCUT2D eigenvalue weighted by atomic mass is 10.8. The van der Waals surface area contributed by atoms with Crippen LogP contribution in [0.5, 0.6) is 0 Å². The zero-order valence-corrected chi connectivity index (χ0v) is 21.1. The van der Waals surface area contributed by atoms with Crippen LogP contribution in [0, 0.1) is 0 Å². The molecule has 0 amide bonds. The van der Waals surface area contributed by atoms with Gasteiger partial charge in [0.05, 0.1) is 11.6 Å². The van der Waals surface area contributed by atoms with Crippen molar-refractivity contribution >= 4 is 28.5 Å². The molecule has 0 saturated heterocycles. The van der Waals surface area contributed by atoms with Crippen LogP contribution in [0.1, 0.15) is 0 Å². The Morgan fingerprint density at radius 1 is 0.652 bits per heavy atom. The number of nitrogens with zero attached hydrogens (tertiary/aromatic N) is 5. The average molecular weight is 380 g/mol. The minimum absolute atomic E-state index is 0.374. The van der Waals surface area contributed by atoms with Crippen molar-refractivity contribution in [3.8, 4) is 0 Å². The first-order valence-electron chi connectivity index (χ1n) is 8.33. The lowest BCUT2D eigenvalue weighted by Gasteiger charge is -2.34. The van der Waals surface area contributed by atoms with Crippen molar-refractivity contribution in [3.63, 3.8) is 0 Å². The van der Waals surface area contributed by atoms with Crippen LogP contribution in [0.25, 0.3) is 0 Å². The summed E-state index contributed by atoms with van der Waals surface area (Å²) in [7, 11) is 19.9. The van der Waals surface area contributed by atoms with Gasteiger partial charge >= 0.3 is 0 Å². The molecule has 0 unspecified atom stereocenters. The van der Waals surface area contributed by atoms with Crippen molar-refractivity contribution in [2.45, 2.75) is 11.6 Å². The molecule has 0 radical (unpaired) electrons. The topological polar surface area (TPSA) is 40.3 Å². The summed E-state index contributed by atoms with van der Waals surface area (Å²) in [5.41, 5.74) is 0. The molecule has 0 bridgehead atoms. The quantitative estimate of drug-likeness (QED) is 0.269. The third-order valence-corrected chi connectivity index (χ3v) is 14.6. The summed E-state index contributed by atoms with van der Waals surface area (Å²) in [6.45, 7) is 0. The van der Waals surface area contributed by atoms with Crippen molar-refractivity contribution in [2.75, 3.05) is 76.6 Å². The second-order valence-electron chi connectivity index (χ2n) is 7.45. The Labute approximate surface area is 150 Å². The van der Waals surface area contributed by atoms with E-state index < -0.39 is 9.12 Å². The van der Waals surface area contributed by atoms with Gasteiger partial charge in [-0.05, 0) is 70.5 Å². The minimum Gasteiger partial charge on any atom is -0.352 e. The molecule has 0 saturated carbocycles. The van der Waals surface area contributed by atoms with Gasteiger partial charge in [0.1, 0.15) is 19.4 Å². The smallest absolute Gasteiger partial charge is 0.185 e. The predicted molar refractivity (Wildman–Crippen MR) is 111 cm³/mol. The molecular weight excluding hydrogens is 338 g/mol. The summed E-state index contributed by atoms with van der Waals surface area (Å²) < 4.78 is 7.97. The number of rotatable bonds is 12. The largest absolute Gasteiger partial charge is 0.352 e. The highest BCUT2D eigenvalue weighted by Crippen LogP contribution is 1.95. The Balaban J connectivity index is 4.63. The maximum atomic E-state index is 3.99. The van der Waals surface area contributed by atoms with E-state index in [1.807, 2.05) is 0 Å². The molecule has 7 nitrogen and oxygen atoms in total. The van der Waals surface area contributed by atoms with E-state index in [2.05, 4.69) is 104 Å². The molecule has 0 aliphatic carbocycles. The Kier molecular flexibility index (Phi) is 12.0. The van der Waals surface area contributed by atoms with Crippen molar-refractivity contribution in [2.24, 2.45) is 0 Å². The van der Waals surface area contributed by atoms with Crippen LogP contribution in [0.2, 0.25) is 0 Å². The second kappa shape index (κ2) is 11.8. The molecule has 0 heterocycles. The van der Waals surface area contributed by atoms with E-state index >= 15 is 0 Å². The van der Waals surface area contributed by atoms with Crippen molar-refractivity contribution in [1.82, 2.24) is 33.8 Å². The van der Waals surface area contributed by atoms with Crippen LogP contribution in [-0.4, -0.2) is 141 Å². The molecule has 0 atom stereocenters. The number of hydrogen-bond donors (Lipinski definition) is 2. The Morgan fingerprint density at radius 2 is 0.957 bits per heavy atom. The van der Waals surface area contributed by atoms with Crippen LogP contribution in [0.4, 0.5) is 0 Å². The molecule has 0 aromatic heterocycles. The lowest BCUT2D eigenvalue weighted by Crippen LogP contribution is -2.64. The summed E-state index contributed by atoms with van der Waals surface area (Å²) in [5, 5.41) is 0. The molecule has 10 heteroatoms. The molecular formula is C13H41N7Si3. The Bertz CT molecular complexity index is 263. The summed E-state index contributed by atoms with van der Waals surface area (Å²) >= 11 is 0. The van der Waals surface area contributed by atoms with Crippen molar-refractivity contribution in [3.05, 3.63) is 0 Å². The summed E-state index contributed by atoms with van der Waals surface area (Å²) in [6, 6.07) is 0. The van der Waals surface area contributed by atoms with Gasteiger partial charge in [-0.2, -0.15) is 0 Å². The number of nitrogens with one attached hydrogen (secondary N) is 2. The molecule has 0 rings (SSSR count). The van der Waals surface area contributed by atoms with E-state index in [-0.39, 0.29) is 19.4 Å². The van der Waals surface area contributed by atoms with E-state index in [4.69, 9.17) is 0 Å². The molecule has 0 spiro atoms. The summed E-state index contributed by atoms with van der Waals surface area (Å²) in [5.74, 6) is 1.13. The molecule has 0 aromatic carbocycles. The van der Waals surface area contributed by atoms with Crippen molar-refractivity contribution in [1.29, 1.82) is 0 Å². The van der Waals surface area contributed by atoms with Gasteiger partial charge in [-0.3, -0.25) is 19.6 Å². The Hall–Kier alpha value is 0.371. The van der Waals surface area contributed by atoms with Gasteiger partial charge in [-0.1, -0.05) is 0 Å². The Morgan fingerprint density at radius 3 is 1.17 bits per heavy atom. The van der Waals surface area contributed by atoms with E-state index in [0.29, 0.717) is 11.6 Å². The van der Waals surface area contributed by atoms with E-state index in [9.17, 15) is 0 Å². The van der Waals surface area contributed by atoms with Gasteiger partial charge in [-0.25, -0.2) is 0 Å². The zero-order valence-electron chi connectivity index (χ0n) is 17.1. The van der Waals surface area contributed by atoms with Crippen LogP contribution in [-0.2, 0) is 0 Å². The molecule has 0 fully saturated rings. The van der Waals surface area contributed by atoms with Gasteiger partial charge in [0.2, 0.25) is 0 Å². The predicted octanol–water partition coefficient (Wildman–Crippen LogP) is -3.53. The van der Waals surface area contributed by atoms with Crippen LogP contribution in [0.15, 0.2) is 0 Å². The minimum atomic E-state index is -1.13. The monoisotopic (exact) mass is 379 g/mol. The third kappa shape index (κ3) is 10.1. The van der Waals surface area contributed by atoms with E-state index in [1.165, 1.54) is 6.17 Å². The summed E-state index contributed by atoms with van der Waals surface area (Å²) in [6.07, 6.45) is 1.17. The van der Waals surface area contributed by atoms with Gasteiger partial charge < -0.3 is 14.2 Å². The van der Waals surface area contributed by atoms with Gasteiger partial charge in [0.15, 0.2) is 9.12 Å². The highest BCUT2D eigenvalue weighted by molar-refractivity contribution is 6.70. The summed E-state index contributed by atoms with van der Waals surface area (Å²) in [4.78, 5) is 11.7. The first-order chi connectivity index (χ1) is 10.6. The zero-order chi connectivity index (χ0) is 18.2. The highest BCUT2D eigenvalue weighted by atomic mass is 28.4. The fourth-order valence-corrected chi connectivity index (χ4v) is 11.8. The lowest BCUT2D eigenvalue weighted by molar-refractivity contribution is 0.199. The molecule has 0 aliphatic rings. The highest BCUT2D eigenvalue weighted by Gasteiger charge is 2.21. The fourth-order valence-electron chi connectivity index (χ4n) is 2.72. The standard InChI is InChI=1S/C13H41N7Si3/c1-16(2)11-23(14-21-12(17(3)4)18(5)6)15-22-13(19(7)8)20(9)10/h12-15,23H,11,21-22H2,1-10H3. The van der Waals surface area contributed by atoms with Gasteiger partial charge in [0, 0.05) is 6.17 Å². The van der Waals surface area contributed by atoms with Crippen LogP contribution < -0.4 is 9.30 Å². The molecule has 2 N–H and O–H groups in total. The third-order valence-electron chi connectivity index (χ3n) is 4.03. The maximum Gasteiger partial charge on any atom is 0.185 e. The average Bonchev–Trinajstić information content (AvgIpc) is 2.36. The normalized spacial score (nSPS) is 15.5. The molecule has 140 valence electrons. The fraction of sp³-hybridized carbons (Fsp3) is 1.00. The first kappa shape index (κ1) is 23.4. The maximum absolute atomic E-state index is 3.99. The molecule has 0 aromatic rings. The molecule has 0 aliphatic heterocycles. The SMILES string of the molecule is CN(C)C[SiH](N[SiH2]C(N(C)C)N(C)C)N[SiH2]C(N(C)C)N(C)C. The van der Waals surface area contributed by atoms with E-state index in [1.54, 1.807) is 0 Å². The van der Waals surface area contributed by atoms with E-state index in [0.717, 1.165) is 0 Å². The van der Waals surface area contributed by atoms with Crippen LogP contribution in [0.3, 0.4) is 0 Å².